The summed E-state index contributed by atoms with van der Waals surface area (Å²) in [6.45, 7) is 0. The van der Waals surface area contributed by atoms with Gasteiger partial charge in [0.05, 0.1) is 12.5 Å². The monoisotopic (exact) mass is 389 g/mol. The summed E-state index contributed by atoms with van der Waals surface area (Å²) in [5.74, 6) is -8.10. The van der Waals surface area contributed by atoms with Crippen molar-refractivity contribution in [3.63, 3.8) is 0 Å². The van der Waals surface area contributed by atoms with E-state index in [0.29, 0.717) is 6.04 Å². The van der Waals surface area contributed by atoms with Crippen LogP contribution in [0.25, 0.3) is 0 Å². The smallest absolute Gasteiger partial charge is 0.337 e. The lowest BCUT2D eigenvalue weighted by molar-refractivity contribution is -0.234. The lowest BCUT2D eigenvalue weighted by Crippen LogP contribution is -2.51. The zero-order chi connectivity index (χ0) is 20.6. The zero-order valence-electron chi connectivity index (χ0n) is 14.4. The van der Waals surface area contributed by atoms with Crippen molar-refractivity contribution >= 4 is 17.9 Å². The van der Waals surface area contributed by atoms with E-state index in [9.17, 15) is 19.5 Å². The molecule has 2 rings (SSSR count). The van der Waals surface area contributed by atoms with Crippen molar-refractivity contribution in [1.82, 2.24) is 0 Å². The fourth-order valence-corrected chi connectivity index (χ4v) is 2.62. The average Bonchev–Trinajstić information content (AvgIpc) is 2.58. The molecule has 0 aromatic carbocycles. The van der Waals surface area contributed by atoms with Crippen molar-refractivity contribution < 1.29 is 49.7 Å². The van der Waals surface area contributed by atoms with Gasteiger partial charge in [0.2, 0.25) is 0 Å². The predicted molar refractivity (Wildman–Crippen MR) is 87.8 cm³/mol. The normalized spacial score (nSPS) is 24.6. The van der Waals surface area contributed by atoms with Gasteiger partial charge in [-0.15, -0.1) is 0 Å². The van der Waals surface area contributed by atoms with Gasteiger partial charge in [-0.2, -0.15) is 0 Å². The van der Waals surface area contributed by atoms with E-state index < -0.39 is 41.6 Å². The molecule has 0 radical (unpaired) electrons. The first-order chi connectivity index (χ1) is 12.6. The third-order valence-corrected chi connectivity index (χ3v) is 4.08. The largest absolute Gasteiger partial charge is 0.481 e. The van der Waals surface area contributed by atoms with E-state index in [4.69, 9.17) is 26.2 Å². The molecule has 0 saturated heterocycles. The molecule has 11 nitrogen and oxygen atoms in total. The zero-order valence-corrected chi connectivity index (χ0v) is 14.4. The van der Waals surface area contributed by atoms with Crippen LogP contribution in [-0.2, 0) is 24.2 Å². The Morgan fingerprint density at radius 3 is 2.15 bits per heavy atom. The van der Waals surface area contributed by atoms with Crippen molar-refractivity contribution in [1.29, 1.82) is 0 Å². The maximum absolute atomic E-state index is 11.1. The van der Waals surface area contributed by atoms with Crippen LogP contribution in [0.3, 0.4) is 0 Å². The highest BCUT2D eigenvalue weighted by atomic mass is 17.2. The summed E-state index contributed by atoms with van der Waals surface area (Å²) in [6.07, 6.45) is 5.73. The molecular weight excluding hydrogens is 366 g/mol. The van der Waals surface area contributed by atoms with Gasteiger partial charge in [-0.05, 0) is 37.8 Å². The van der Waals surface area contributed by atoms with E-state index >= 15 is 0 Å². The average molecular weight is 389 g/mol. The molecule has 2 atom stereocenters. The minimum atomic E-state index is -3.07. The molecule has 1 fully saturated rings. The van der Waals surface area contributed by atoms with Crippen LogP contribution < -0.4 is 5.73 Å². The highest BCUT2D eigenvalue weighted by Crippen LogP contribution is 2.31. The van der Waals surface area contributed by atoms with Gasteiger partial charge < -0.3 is 31.3 Å². The number of carboxylic acid groups (broad SMARTS) is 3. The molecule has 0 aromatic heterocycles. The molecule has 1 saturated carbocycles. The van der Waals surface area contributed by atoms with Gasteiger partial charge in [-0.25, -0.2) is 4.79 Å². The molecule has 1 aliphatic heterocycles. The second kappa shape index (κ2) is 9.90. The summed E-state index contributed by atoms with van der Waals surface area (Å²) in [5, 5.41) is 45.4. The summed E-state index contributed by atoms with van der Waals surface area (Å²) < 4.78 is 0. The number of nitrogens with two attached hydrogens (primary N) is 1. The number of carboxylic acids is 3. The molecule has 0 spiro atoms. The third-order valence-electron chi connectivity index (χ3n) is 4.08. The van der Waals surface area contributed by atoms with Crippen molar-refractivity contribution in [2.75, 3.05) is 0 Å². The Kier molecular flexibility index (Phi) is 8.22. The number of hydrogen-bond acceptors (Lipinski definition) is 8. The number of hydrogen-bond donors (Lipinski definition) is 6. The van der Waals surface area contributed by atoms with E-state index in [2.05, 4.69) is 9.78 Å². The molecule has 1 heterocycles. The standard InChI is InChI=1S/C10H10O9.C6H13NO/c11-6(12)4-10(17,9(15)16)7(8(13)14)5-2-1-3-18-19-5;7-5-1-3-6(8)4-2-5/h1-3,7,17H,4H2,(H,11,12)(H,13,14)(H,15,16);5-6,8H,1-4,7H2. The number of aliphatic carboxylic acids is 3. The SMILES string of the molecule is NC1CCC(O)CC1.O=C(O)CC(O)(C(=O)O)C(C(=O)O)C1=CC=COO1. The number of aliphatic hydroxyl groups excluding tert-OH is 1. The Labute approximate surface area is 154 Å². The predicted octanol–water partition coefficient (Wildman–Crippen LogP) is -0.414. The molecule has 2 unspecified atom stereocenters. The van der Waals surface area contributed by atoms with Gasteiger partial charge in [0.1, 0.15) is 6.26 Å². The summed E-state index contributed by atoms with van der Waals surface area (Å²) >= 11 is 0. The number of rotatable bonds is 6. The van der Waals surface area contributed by atoms with Crippen LogP contribution in [0.5, 0.6) is 0 Å². The highest BCUT2D eigenvalue weighted by molar-refractivity contribution is 5.91. The number of aliphatic hydroxyl groups is 2. The molecule has 11 heteroatoms. The van der Waals surface area contributed by atoms with Crippen LogP contribution in [0.2, 0.25) is 0 Å². The first-order valence-corrected chi connectivity index (χ1v) is 8.12. The molecule has 0 amide bonds. The topological polar surface area (TPSA) is 197 Å². The Morgan fingerprint density at radius 2 is 1.78 bits per heavy atom. The van der Waals surface area contributed by atoms with Crippen molar-refractivity contribution in [2.45, 2.75) is 49.9 Å². The van der Waals surface area contributed by atoms with Crippen molar-refractivity contribution in [3.8, 4) is 0 Å². The molecule has 7 N–H and O–H groups in total. The summed E-state index contributed by atoms with van der Waals surface area (Å²) in [5.41, 5.74) is 2.51. The van der Waals surface area contributed by atoms with Gasteiger partial charge in [0.15, 0.2) is 17.3 Å². The molecule has 0 aromatic rings. The molecule has 27 heavy (non-hydrogen) atoms. The number of carbonyl (C=O) groups is 3. The van der Waals surface area contributed by atoms with E-state index in [1.54, 1.807) is 0 Å². The molecule has 152 valence electrons. The van der Waals surface area contributed by atoms with E-state index in [1.165, 1.54) is 6.08 Å². The molecule has 1 aliphatic carbocycles. The lowest BCUT2D eigenvalue weighted by Gasteiger charge is -2.29. The third kappa shape index (κ3) is 6.55. The van der Waals surface area contributed by atoms with Crippen LogP contribution >= 0.6 is 0 Å². The van der Waals surface area contributed by atoms with Gasteiger partial charge in [-0.1, -0.05) is 0 Å². The van der Waals surface area contributed by atoms with E-state index in [1.807, 2.05) is 0 Å². The first-order valence-electron chi connectivity index (χ1n) is 8.12. The molecular formula is C16H23NO10. The Morgan fingerprint density at radius 1 is 1.19 bits per heavy atom. The fraction of sp³-hybridized carbons (Fsp3) is 0.562. The Bertz CT molecular complexity index is 598. The van der Waals surface area contributed by atoms with Crippen LogP contribution in [0.15, 0.2) is 24.2 Å². The van der Waals surface area contributed by atoms with Gasteiger partial charge in [0.25, 0.3) is 0 Å². The van der Waals surface area contributed by atoms with Gasteiger partial charge >= 0.3 is 17.9 Å². The van der Waals surface area contributed by atoms with Gasteiger partial charge in [-0.3, -0.25) is 19.4 Å². The highest BCUT2D eigenvalue weighted by Gasteiger charge is 2.53. The van der Waals surface area contributed by atoms with E-state index in [-0.39, 0.29) is 6.10 Å². The molecule has 2 aliphatic rings. The number of allylic oxidation sites excluding steroid dienone is 2. The second-order valence-corrected chi connectivity index (χ2v) is 6.22. The Balaban J connectivity index is 0.000000377. The van der Waals surface area contributed by atoms with Crippen LogP contribution in [0.1, 0.15) is 32.1 Å². The maximum atomic E-state index is 11.1. The maximum Gasteiger partial charge on any atom is 0.337 e. The van der Waals surface area contributed by atoms with Crippen LogP contribution in [0, 0.1) is 5.92 Å². The summed E-state index contributed by atoms with van der Waals surface area (Å²) in [6, 6.07) is 0.360. The fourth-order valence-electron chi connectivity index (χ4n) is 2.62. The lowest BCUT2D eigenvalue weighted by atomic mass is 9.82. The van der Waals surface area contributed by atoms with E-state index in [0.717, 1.165) is 38.0 Å². The van der Waals surface area contributed by atoms with Gasteiger partial charge in [0, 0.05) is 6.04 Å². The quantitative estimate of drug-likeness (QED) is 0.323. The summed E-state index contributed by atoms with van der Waals surface area (Å²) in [7, 11) is 0. The van der Waals surface area contributed by atoms with Crippen molar-refractivity contribution in [3.05, 3.63) is 24.2 Å². The van der Waals surface area contributed by atoms with Crippen LogP contribution in [-0.4, -0.2) is 61.2 Å². The first kappa shape index (κ1) is 22.4. The minimum Gasteiger partial charge on any atom is -0.481 e. The van der Waals surface area contributed by atoms with Crippen molar-refractivity contribution in [2.24, 2.45) is 11.7 Å². The minimum absolute atomic E-state index is 0.0604. The second-order valence-electron chi connectivity index (χ2n) is 6.22. The van der Waals surface area contributed by atoms with Crippen LogP contribution in [0.4, 0.5) is 0 Å². The Hall–Kier alpha value is -2.63. The molecule has 0 bridgehead atoms. The summed E-state index contributed by atoms with van der Waals surface area (Å²) in [4.78, 5) is 41.5.